The summed E-state index contributed by atoms with van der Waals surface area (Å²) in [5.41, 5.74) is -0.392. The number of ketones is 1. The first-order valence-electron chi connectivity index (χ1n) is 6.07. The smallest absolute Gasteiger partial charge is 0.316 e. The normalized spacial score (nSPS) is 40.1. The minimum atomic E-state index is -0.506. The maximum Gasteiger partial charge on any atom is 0.316 e. The third-order valence-corrected chi connectivity index (χ3v) is 5.07. The van der Waals surface area contributed by atoms with Gasteiger partial charge in [0.25, 0.3) is 0 Å². The molecule has 0 aromatic rings. The average Bonchev–Trinajstić information content (AvgIpc) is 2.50. The Morgan fingerprint density at radius 1 is 1.44 bits per heavy atom. The summed E-state index contributed by atoms with van der Waals surface area (Å²) in [7, 11) is 0. The quantitative estimate of drug-likeness (QED) is 0.533. The predicted octanol–water partition coefficient (Wildman–Crippen LogP) is 2.19. The van der Waals surface area contributed by atoms with Crippen LogP contribution in [0.5, 0.6) is 0 Å². The second kappa shape index (κ2) is 3.31. The molecule has 0 unspecified atom stereocenters. The highest BCUT2D eigenvalue weighted by Gasteiger charge is 2.68. The van der Waals surface area contributed by atoms with Gasteiger partial charge in [0.15, 0.2) is 5.78 Å². The van der Waals surface area contributed by atoms with E-state index in [2.05, 4.69) is 13.8 Å². The lowest BCUT2D eigenvalue weighted by atomic mass is 9.70. The van der Waals surface area contributed by atoms with E-state index < -0.39 is 5.92 Å². The summed E-state index contributed by atoms with van der Waals surface area (Å²) in [4.78, 5) is 24.2. The monoisotopic (exact) mass is 224 g/mol. The second-order valence-electron chi connectivity index (χ2n) is 5.79. The fourth-order valence-corrected chi connectivity index (χ4v) is 3.59. The number of carbonyl (C=O) groups excluding carboxylic acids is 2. The summed E-state index contributed by atoms with van der Waals surface area (Å²) in [5.74, 6) is -0.543. The average molecular weight is 224 g/mol. The molecule has 0 aromatic carbocycles. The first-order valence-corrected chi connectivity index (χ1v) is 6.07. The van der Waals surface area contributed by atoms with Crippen molar-refractivity contribution in [3.8, 4) is 0 Å². The standard InChI is InChI=1S/C13H20O3/c1-5-16-11(15)9-8-6-7-13(4,10(9)14)12(8,2)3/h8-9H,5-7H2,1-4H3/t8-,9-,13+/m0/s1. The van der Waals surface area contributed by atoms with Gasteiger partial charge in [0, 0.05) is 5.41 Å². The SMILES string of the molecule is CCOC(=O)[C@@H]1C(=O)[C@@]2(C)CC[C@@H]1C2(C)C. The molecule has 0 aromatic heterocycles. The van der Waals surface area contributed by atoms with Crippen molar-refractivity contribution in [2.75, 3.05) is 6.61 Å². The van der Waals surface area contributed by atoms with Crippen molar-refractivity contribution in [2.45, 2.75) is 40.5 Å². The molecule has 2 rings (SSSR count). The first-order chi connectivity index (χ1) is 7.36. The zero-order chi connectivity index (χ0) is 12.1. The number of hydrogen-bond acceptors (Lipinski definition) is 3. The first kappa shape index (κ1) is 11.6. The lowest BCUT2D eigenvalue weighted by Gasteiger charge is -2.32. The Labute approximate surface area is 96.5 Å². The highest BCUT2D eigenvalue weighted by Crippen LogP contribution is 2.65. The van der Waals surface area contributed by atoms with Gasteiger partial charge in [-0.25, -0.2) is 0 Å². The number of esters is 1. The Morgan fingerprint density at radius 2 is 2.06 bits per heavy atom. The third kappa shape index (κ3) is 1.14. The van der Waals surface area contributed by atoms with E-state index in [0.717, 1.165) is 12.8 Å². The van der Waals surface area contributed by atoms with Crippen LogP contribution in [0.4, 0.5) is 0 Å². The van der Waals surface area contributed by atoms with Crippen molar-refractivity contribution in [3.63, 3.8) is 0 Å². The van der Waals surface area contributed by atoms with Gasteiger partial charge in [-0.1, -0.05) is 20.8 Å². The largest absolute Gasteiger partial charge is 0.465 e. The summed E-state index contributed by atoms with van der Waals surface area (Å²) < 4.78 is 5.03. The van der Waals surface area contributed by atoms with Gasteiger partial charge in [0.1, 0.15) is 5.92 Å². The van der Waals surface area contributed by atoms with Crippen LogP contribution >= 0.6 is 0 Å². The molecule has 0 saturated heterocycles. The molecular formula is C13H20O3. The zero-order valence-corrected chi connectivity index (χ0v) is 10.5. The summed E-state index contributed by atoms with van der Waals surface area (Å²) in [6, 6.07) is 0. The van der Waals surface area contributed by atoms with Crippen LogP contribution in [-0.4, -0.2) is 18.4 Å². The molecule has 0 amide bonds. The topological polar surface area (TPSA) is 43.4 Å². The van der Waals surface area contributed by atoms with E-state index in [-0.39, 0.29) is 28.5 Å². The molecule has 3 nitrogen and oxygen atoms in total. The minimum Gasteiger partial charge on any atom is -0.465 e. The van der Waals surface area contributed by atoms with Crippen molar-refractivity contribution < 1.29 is 14.3 Å². The third-order valence-electron chi connectivity index (χ3n) is 5.07. The van der Waals surface area contributed by atoms with E-state index in [1.54, 1.807) is 6.92 Å². The Kier molecular flexibility index (Phi) is 2.41. The van der Waals surface area contributed by atoms with Crippen molar-refractivity contribution in [3.05, 3.63) is 0 Å². The van der Waals surface area contributed by atoms with E-state index in [1.165, 1.54) is 0 Å². The highest BCUT2D eigenvalue weighted by atomic mass is 16.5. The van der Waals surface area contributed by atoms with E-state index in [1.807, 2.05) is 6.92 Å². The Balaban J connectivity index is 2.33. The van der Waals surface area contributed by atoms with Crippen molar-refractivity contribution >= 4 is 11.8 Å². The van der Waals surface area contributed by atoms with Gasteiger partial charge in [-0.2, -0.15) is 0 Å². The molecular weight excluding hydrogens is 204 g/mol. The van der Waals surface area contributed by atoms with Crippen LogP contribution in [0.25, 0.3) is 0 Å². The minimum absolute atomic E-state index is 0.0679. The van der Waals surface area contributed by atoms with Crippen LogP contribution in [0, 0.1) is 22.7 Å². The fourth-order valence-electron chi connectivity index (χ4n) is 3.59. The molecule has 3 heteroatoms. The summed E-state index contributed by atoms with van der Waals surface area (Å²) in [5, 5.41) is 0. The van der Waals surface area contributed by atoms with Crippen LogP contribution in [0.2, 0.25) is 0 Å². The van der Waals surface area contributed by atoms with E-state index in [0.29, 0.717) is 6.61 Å². The number of hydrogen-bond donors (Lipinski definition) is 0. The van der Waals surface area contributed by atoms with Crippen molar-refractivity contribution in [2.24, 2.45) is 22.7 Å². The van der Waals surface area contributed by atoms with Gasteiger partial charge >= 0.3 is 5.97 Å². The van der Waals surface area contributed by atoms with E-state index >= 15 is 0 Å². The van der Waals surface area contributed by atoms with Gasteiger partial charge in [-0.15, -0.1) is 0 Å². The van der Waals surface area contributed by atoms with Crippen LogP contribution < -0.4 is 0 Å². The van der Waals surface area contributed by atoms with E-state index in [9.17, 15) is 9.59 Å². The zero-order valence-electron chi connectivity index (χ0n) is 10.5. The molecule has 16 heavy (non-hydrogen) atoms. The lowest BCUT2D eigenvalue weighted by Crippen LogP contribution is -2.36. The molecule has 0 radical (unpaired) electrons. The number of Topliss-reactive ketones (excluding diaryl/α,β-unsaturated/α-hetero) is 1. The molecule has 90 valence electrons. The van der Waals surface area contributed by atoms with Crippen LogP contribution in [0.3, 0.4) is 0 Å². The molecule has 3 atom stereocenters. The second-order valence-corrected chi connectivity index (χ2v) is 5.79. The number of carbonyl (C=O) groups is 2. The Morgan fingerprint density at radius 3 is 2.50 bits per heavy atom. The molecule has 2 aliphatic carbocycles. The van der Waals surface area contributed by atoms with Gasteiger partial charge in [-0.3, -0.25) is 9.59 Å². The van der Waals surface area contributed by atoms with Crippen molar-refractivity contribution in [1.29, 1.82) is 0 Å². The van der Waals surface area contributed by atoms with Gasteiger partial charge in [0.2, 0.25) is 0 Å². The van der Waals surface area contributed by atoms with Crippen LogP contribution in [0.15, 0.2) is 0 Å². The number of ether oxygens (including phenoxy) is 1. The number of rotatable bonds is 2. The Bertz CT molecular complexity index is 345. The summed E-state index contributed by atoms with van der Waals surface area (Å²) >= 11 is 0. The molecule has 2 saturated carbocycles. The van der Waals surface area contributed by atoms with Gasteiger partial charge in [0.05, 0.1) is 6.61 Å². The molecule has 2 aliphatic rings. The van der Waals surface area contributed by atoms with Crippen LogP contribution in [-0.2, 0) is 14.3 Å². The summed E-state index contributed by atoms with van der Waals surface area (Å²) in [6.45, 7) is 8.37. The molecule has 0 heterocycles. The van der Waals surface area contributed by atoms with Crippen LogP contribution in [0.1, 0.15) is 40.5 Å². The maximum atomic E-state index is 12.3. The maximum absolute atomic E-state index is 12.3. The fraction of sp³-hybridized carbons (Fsp3) is 0.846. The van der Waals surface area contributed by atoms with Gasteiger partial charge < -0.3 is 4.74 Å². The molecule has 0 aliphatic heterocycles. The summed E-state index contributed by atoms with van der Waals surface area (Å²) in [6.07, 6.45) is 1.89. The Hall–Kier alpha value is -0.860. The predicted molar refractivity (Wildman–Crippen MR) is 59.7 cm³/mol. The molecule has 0 spiro atoms. The molecule has 2 bridgehead atoms. The highest BCUT2D eigenvalue weighted by molar-refractivity contribution is 6.05. The molecule has 2 fully saturated rings. The number of fused-ring (bicyclic) bond motifs is 2. The molecule has 0 N–H and O–H groups in total. The van der Waals surface area contributed by atoms with E-state index in [4.69, 9.17) is 4.74 Å². The van der Waals surface area contributed by atoms with Gasteiger partial charge in [-0.05, 0) is 31.1 Å². The van der Waals surface area contributed by atoms with Crippen molar-refractivity contribution in [1.82, 2.24) is 0 Å². The lowest BCUT2D eigenvalue weighted by molar-refractivity contribution is -0.154.